The van der Waals surface area contributed by atoms with E-state index in [1.165, 1.54) is 0 Å². The van der Waals surface area contributed by atoms with Crippen molar-refractivity contribution in [3.8, 4) is 0 Å². The van der Waals surface area contributed by atoms with Crippen LogP contribution in [-0.4, -0.2) is 34.7 Å². The second-order valence-corrected chi connectivity index (χ2v) is 6.24. The number of hydrogen-bond acceptors (Lipinski definition) is 3. The van der Waals surface area contributed by atoms with Crippen molar-refractivity contribution >= 4 is 12.0 Å². The van der Waals surface area contributed by atoms with Gasteiger partial charge in [0.1, 0.15) is 0 Å². The van der Waals surface area contributed by atoms with Gasteiger partial charge in [-0.25, -0.2) is 4.79 Å². The van der Waals surface area contributed by atoms with Crippen molar-refractivity contribution in [1.29, 1.82) is 0 Å². The standard InChI is InChI=1S/C20H25N3O3/c1-15-6-5-9-17(22-15)12-13-21-20(26)23-18(10-11-19(24)25)14-16-7-3-2-4-8-16/h2-9,18H,10-14H2,1H3,(H,24,25)(H2,21,23,26). The molecule has 138 valence electrons. The zero-order valence-corrected chi connectivity index (χ0v) is 14.9. The number of urea groups is 1. The molecule has 0 aliphatic rings. The van der Waals surface area contributed by atoms with Gasteiger partial charge in [0.25, 0.3) is 0 Å². The molecule has 3 N–H and O–H groups in total. The number of aryl methyl sites for hydroxylation is 1. The number of pyridine rings is 1. The Balaban J connectivity index is 1.83. The van der Waals surface area contributed by atoms with E-state index in [1.807, 2.05) is 55.5 Å². The number of rotatable bonds is 9. The van der Waals surface area contributed by atoms with E-state index in [1.54, 1.807) is 0 Å². The molecule has 1 atom stereocenters. The van der Waals surface area contributed by atoms with Gasteiger partial charge in [-0.15, -0.1) is 0 Å². The first-order valence-electron chi connectivity index (χ1n) is 8.75. The topological polar surface area (TPSA) is 91.3 Å². The molecular weight excluding hydrogens is 330 g/mol. The first-order valence-corrected chi connectivity index (χ1v) is 8.75. The maximum Gasteiger partial charge on any atom is 0.315 e. The number of carbonyl (C=O) groups is 2. The number of nitrogens with one attached hydrogen (secondary N) is 2. The summed E-state index contributed by atoms with van der Waals surface area (Å²) in [6, 6.07) is 15.0. The summed E-state index contributed by atoms with van der Waals surface area (Å²) in [5.41, 5.74) is 2.94. The number of aromatic nitrogens is 1. The Hall–Kier alpha value is -2.89. The summed E-state index contributed by atoms with van der Waals surface area (Å²) in [5.74, 6) is -0.865. The molecule has 6 nitrogen and oxygen atoms in total. The molecule has 1 aromatic carbocycles. The SMILES string of the molecule is Cc1cccc(CCNC(=O)NC(CCC(=O)O)Cc2ccccc2)n1. The van der Waals surface area contributed by atoms with Gasteiger partial charge in [0, 0.05) is 36.8 Å². The molecule has 0 aliphatic carbocycles. The van der Waals surface area contributed by atoms with Crippen molar-refractivity contribution in [1.82, 2.24) is 15.6 Å². The molecule has 0 radical (unpaired) electrons. The Bertz CT molecular complexity index is 719. The van der Waals surface area contributed by atoms with Gasteiger partial charge in [-0.3, -0.25) is 9.78 Å². The molecule has 0 bridgehead atoms. The minimum Gasteiger partial charge on any atom is -0.481 e. The Morgan fingerprint density at radius 2 is 1.88 bits per heavy atom. The van der Waals surface area contributed by atoms with Gasteiger partial charge >= 0.3 is 12.0 Å². The van der Waals surface area contributed by atoms with Gasteiger partial charge in [-0.2, -0.15) is 0 Å². The van der Waals surface area contributed by atoms with Crippen molar-refractivity contribution in [3.63, 3.8) is 0 Å². The van der Waals surface area contributed by atoms with Crippen molar-refractivity contribution in [3.05, 3.63) is 65.5 Å². The van der Waals surface area contributed by atoms with Crippen LogP contribution in [0.25, 0.3) is 0 Å². The number of aliphatic carboxylic acids is 1. The number of carboxylic acids is 1. The molecule has 26 heavy (non-hydrogen) atoms. The molecular formula is C20H25N3O3. The van der Waals surface area contributed by atoms with Gasteiger partial charge < -0.3 is 15.7 Å². The summed E-state index contributed by atoms with van der Waals surface area (Å²) in [6.07, 6.45) is 1.65. The van der Waals surface area contributed by atoms with Crippen LogP contribution in [0.4, 0.5) is 4.79 Å². The second-order valence-electron chi connectivity index (χ2n) is 6.24. The van der Waals surface area contributed by atoms with E-state index in [2.05, 4.69) is 15.6 Å². The van der Waals surface area contributed by atoms with Crippen LogP contribution in [0.3, 0.4) is 0 Å². The van der Waals surface area contributed by atoms with Crippen LogP contribution in [0, 0.1) is 6.92 Å². The van der Waals surface area contributed by atoms with Crippen LogP contribution in [0.1, 0.15) is 29.8 Å². The van der Waals surface area contributed by atoms with Gasteiger partial charge in [0.05, 0.1) is 0 Å². The quantitative estimate of drug-likeness (QED) is 0.645. The van der Waals surface area contributed by atoms with Crippen LogP contribution >= 0.6 is 0 Å². The highest BCUT2D eigenvalue weighted by Crippen LogP contribution is 2.08. The number of carbonyl (C=O) groups excluding carboxylic acids is 1. The number of benzene rings is 1. The lowest BCUT2D eigenvalue weighted by Crippen LogP contribution is -2.44. The molecule has 1 heterocycles. The fourth-order valence-corrected chi connectivity index (χ4v) is 2.70. The summed E-state index contributed by atoms with van der Waals surface area (Å²) < 4.78 is 0. The molecule has 0 aliphatic heterocycles. The number of nitrogens with zero attached hydrogens (tertiary/aromatic N) is 1. The lowest BCUT2D eigenvalue weighted by atomic mass is 10.0. The summed E-state index contributed by atoms with van der Waals surface area (Å²) in [6.45, 7) is 2.40. The van der Waals surface area contributed by atoms with Crippen molar-refractivity contribution < 1.29 is 14.7 Å². The molecule has 0 saturated carbocycles. The van der Waals surface area contributed by atoms with Crippen molar-refractivity contribution in [2.75, 3.05) is 6.54 Å². The number of hydrogen-bond donors (Lipinski definition) is 3. The Labute approximate surface area is 153 Å². The third-order valence-electron chi connectivity index (χ3n) is 3.98. The van der Waals surface area contributed by atoms with E-state index in [9.17, 15) is 9.59 Å². The number of carboxylic acid groups (broad SMARTS) is 1. The fourth-order valence-electron chi connectivity index (χ4n) is 2.70. The summed E-state index contributed by atoms with van der Waals surface area (Å²) in [4.78, 5) is 27.4. The first-order chi connectivity index (χ1) is 12.5. The third kappa shape index (κ3) is 7.34. The maximum absolute atomic E-state index is 12.2. The van der Waals surface area contributed by atoms with Gasteiger partial charge in [-0.1, -0.05) is 36.4 Å². The minimum absolute atomic E-state index is 0.0188. The average molecular weight is 355 g/mol. The van der Waals surface area contributed by atoms with Crippen LogP contribution in [0.15, 0.2) is 48.5 Å². The molecule has 2 amide bonds. The molecule has 2 rings (SSSR count). The van der Waals surface area contributed by atoms with Gasteiger partial charge in [-0.05, 0) is 37.5 Å². The molecule has 2 aromatic rings. The minimum atomic E-state index is -0.865. The number of amides is 2. The first kappa shape index (κ1) is 19.4. The molecule has 0 fully saturated rings. The fraction of sp³-hybridized carbons (Fsp3) is 0.350. The van der Waals surface area contributed by atoms with Crippen LogP contribution in [0.2, 0.25) is 0 Å². The highest BCUT2D eigenvalue weighted by Gasteiger charge is 2.14. The molecule has 1 unspecified atom stereocenters. The average Bonchev–Trinajstić information content (AvgIpc) is 2.60. The predicted octanol–water partition coefficient (Wildman–Crippen LogP) is 2.71. The van der Waals surface area contributed by atoms with E-state index in [0.29, 0.717) is 25.8 Å². The largest absolute Gasteiger partial charge is 0.481 e. The monoisotopic (exact) mass is 355 g/mol. The smallest absolute Gasteiger partial charge is 0.315 e. The molecule has 6 heteroatoms. The molecule has 0 saturated heterocycles. The Morgan fingerprint density at radius 1 is 1.12 bits per heavy atom. The van der Waals surface area contributed by atoms with Gasteiger partial charge in [0.15, 0.2) is 0 Å². The lowest BCUT2D eigenvalue weighted by Gasteiger charge is -2.18. The summed E-state index contributed by atoms with van der Waals surface area (Å²) in [7, 11) is 0. The van der Waals surface area contributed by atoms with E-state index >= 15 is 0 Å². The van der Waals surface area contributed by atoms with Crippen LogP contribution in [-0.2, 0) is 17.6 Å². The van der Waals surface area contributed by atoms with E-state index in [0.717, 1.165) is 17.0 Å². The van der Waals surface area contributed by atoms with Crippen LogP contribution < -0.4 is 10.6 Å². The Morgan fingerprint density at radius 3 is 2.58 bits per heavy atom. The Kier molecular flexibility index (Phi) is 7.61. The van der Waals surface area contributed by atoms with Crippen molar-refractivity contribution in [2.24, 2.45) is 0 Å². The van der Waals surface area contributed by atoms with E-state index < -0.39 is 5.97 Å². The highest BCUT2D eigenvalue weighted by atomic mass is 16.4. The maximum atomic E-state index is 12.2. The molecule has 0 spiro atoms. The van der Waals surface area contributed by atoms with Crippen molar-refractivity contribution in [2.45, 2.75) is 38.6 Å². The molecule has 1 aromatic heterocycles. The summed E-state index contributed by atoms with van der Waals surface area (Å²) in [5, 5.41) is 14.6. The van der Waals surface area contributed by atoms with Crippen LogP contribution in [0.5, 0.6) is 0 Å². The lowest BCUT2D eigenvalue weighted by molar-refractivity contribution is -0.137. The normalized spacial score (nSPS) is 11.6. The van der Waals surface area contributed by atoms with E-state index in [-0.39, 0.29) is 18.5 Å². The second kappa shape index (κ2) is 10.2. The highest BCUT2D eigenvalue weighted by molar-refractivity contribution is 5.74. The predicted molar refractivity (Wildman–Crippen MR) is 100 cm³/mol. The zero-order valence-electron chi connectivity index (χ0n) is 14.9. The third-order valence-corrected chi connectivity index (χ3v) is 3.98. The van der Waals surface area contributed by atoms with Gasteiger partial charge in [0.2, 0.25) is 0 Å². The zero-order chi connectivity index (χ0) is 18.8. The van der Waals surface area contributed by atoms with E-state index in [4.69, 9.17) is 5.11 Å². The summed E-state index contributed by atoms with van der Waals surface area (Å²) >= 11 is 0.